The molecule has 0 aliphatic carbocycles. The minimum atomic E-state index is -3.39. The second-order valence-corrected chi connectivity index (χ2v) is 10.1. The third-order valence-electron chi connectivity index (χ3n) is 3.75. The first-order chi connectivity index (χ1) is 10.8. The maximum absolute atomic E-state index is 10.7. The number of primary sulfonamides is 2. The second-order valence-electron chi connectivity index (χ2n) is 6.39. The van der Waals surface area contributed by atoms with Gasteiger partial charge in [0.1, 0.15) is 16.3 Å². The van der Waals surface area contributed by atoms with Crippen LogP contribution in [0.15, 0.2) is 0 Å². The van der Waals surface area contributed by atoms with Crippen LogP contribution >= 0.6 is 0 Å². The van der Waals surface area contributed by atoms with Crippen LogP contribution in [0.25, 0.3) is 0 Å². The monoisotopic (exact) mass is 386 g/mol. The Hall–Kier alpha value is -0.630. The van der Waals surface area contributed by atoms with E-state index < -0.39 is 36.7 Å². The number of β-amino-alcohol motifs (C(OH)–C–C–N with tert-alkyl or cyclic N) is 1. The summed E-state index contributed by atoms with van der Waals surface area (Å²) >= 11 is 0. The predicted molar refractivity (Wildman–Crippen MR) is 89.0 cm³/mol. The molecule has 2 aliphatic rings. The third-order valence-corrected chi connectivity index (χ3v) is 6.20. The molecule has 142 valence electrons. The highest BCUT2D eigenvalue weighted by Gasteiger charge is 2.35. The van der Waals surface area contributed by atoms with Gasteiger partial charge in [-0.2, -0.15) is 0 Å². The summed E-state index contributed by atoms with van der Waals surface area (Å²) in [6, 6.07) is 0. The average Bonchev–Trinajstić information content (AvgIpc) is 2.24. The molecule has 2 aliphatic heterocycles. The molecule has 0 aromatic heterocycles. The molecule has 0 aromatic rings. The Bertz CT molecular complexity index is 636. The van der Waals surface area contributed by atoms with Crippen LogP contribution in [-0.2, 0) is 24.8 Å². The van der Waals surface area contributed by atoms with Crippen molar-refractivity contribution in [3.05, 3.63) is 0 Å². The molecular weight excluding hydrogens is 360 g/mol. The number of sulfonamides is 2. The molecule has 12 heteroatoms. The van der Waals surface area contributed by atoms with Crippen molar-refractivity contribution in [3.8, 4) is 0 Å². The minimum Gasteiger partial charge on any atom is -0.392 e. The number of aliphatic hydroxyl groups is 1. The van der Waals surface area contributed by atoms with Crippen molar-refractivity contribution in [2.24, 2.45) is 10.3 Å². The van der Waals surface area contributed by atoms with Gasteiger partial charge in [0, 0.05) is 32.7 Å². The van der Waals surface area contributed by atoms with Gasteiger partial charge in [-0.3, -0.25) is 14.6 Å². The van der Waals surface area contributed by atoms with E-state index in [9.17, 15) is 21.6 Å². The minimum absolute atomic E-state index is 0.0443. The van der Waals surface area contributed by atoms with Crippen molar-refractivity contribution in [2.75, 3.05) is 39.3 Å². The van der Waals surface area contributed by atoms with Gasteiger partial charge in [0.25, 0.3) is 0 Å². The largest absolute Gasteiger partial charge is 0.392 e. The van der Waals surface area contributed by atoms with E-state index in [1.165, 1.54) is 6.92 Å². The standard InChI is InChI=1S/C6H14N2O3S.C6H12N2O3S/c2*1-5(9)2-8-3-6(4-8)12(7,10)11/h5-6,9H,2-4H2,1H3,(H2,7,10,11);6H,2-4H2,1H3,(H2,7,10,11). The van der Waals surface area contributed by atoms with Gasteiger partial charge >= 0.3 is 0 Å². The Morgan fingerprint density at radius 2 is 1.42 bits per heavy atom. The van der Waals surface area contributed by atoms with E-state index in [4.69, 9.17) is 15.4 Å². The Kier molecular flexibility index (Phi) is 7.29. The second kappa shape index (κ2) is 8.17. The molecule has 0 amide bonds. The molecule has 0 bridgehead atoms. The van der Waals surface area contributed by atoms with Gasteiger partial charge in [-0.1, -0.05) is 0 Å². The molecule has 0 spiro atoms. The highest BCUT2D eigenvalue weighted by atomic mass is 32.2. The summed E-state index contributed by atoms with van der Waals surface area (Å²) in [7, 11) is -6.75. The van der Waals surface area contributed by atoms with Crippen LogP contribution in [0.4, 0.5) is 0 Å². The lowest BCUT2D eigenvalue weighted by Gasteiger charge is -2.38. The van der Waals surface area contributed by atoms with Crippen LogP contribution in [0, 0.1) is 0 Å². The molecular formula is C12H26N4O6S2. The number of carbonyl (C=O) groups is 1. The summed E-state index contributed by atoms with van der Waals surface area (Å²) in [5.41, 5.74) is 0. The van der Waals surface area contributed by atoms with Crippen molar-refractivity contribution >= 4 is 25.8 Å². The van der Waals surface area contributed by atoms with E-state index >= 15 is 0 Å². The fourth-order valence-electron chi connectivity index (χ4n) is 2.43. The predicted octanol–water partition coefficient (Wildman–Crippen LogP) is -3.11. The van der Waals surface area contributed by atoms with E-state index in [0.29, 0.717) is 39.3 Å². The highest BCUT2D eigenvalue weighted by Crippen LogP contribution is 2.14. The smallest absolute Gasteiger partial charge is 0.214 e. The first-order valence-corrected chi connectivity index (χ1v) is 10.7. The third kappa shape index (κ3) is 7.09. The maximum atomic E-state index is 10.7. The summed E-state index contributed by atoms with van der Waals surface area (Å²) in [6.07, 6.45) is -0.411. The lowest BCUT2D eigenvalue weighted by Crippen LogP contribution is -2.57. The van der Waals surface area contributed by atoms with Crippen molar-refractivity contribution in [3.63, 3.8) is 0 Å². The van der Waals surface area contributed by atoms with Crippen LogP contribution < -0.4 is 10.3 Å². The fourth-order valence-corrected chi connectivity index (χ4v) is 4.10. The van der Waals surface area contributed by atoms with Crippen molar-refractivity contribution < 1.29 is 26.7 Å². The molecule has 5 N–H and O–H groups in total. The number of nitrogens with zero attached hydrogens (tertiary/aromatic N) is 2. The SMILES string of the molecule is CC(=O)CN1CC(S(N)(=O)=O)C1.CC(O)CN1CC(S(N)(=O)=O)C1. The van der Waals surface area contributed by atoms with Crippen LogP contribution in [0.3, 0.4) is 0 Å². The fraction of sp³-hybridized carbons (Fsp3) is 0.917. The summed E-state index contributed by atoms with van der Waals surface area (Å²) in [6.45, 7) is 5.66. The number of likely N-dealkylation sites (tertiary alicyclic amines) is 2. The number of nitrogens with two attached hydrogens (primary N) is 2. The normalized spacial score (nSPS) is 22.0. The zero-order valence-corrected chi connectivity index (χ0v) is 15.5. The number of carbonyl (C=O) groups excluding carboxylic acids is 1. The zero-order valence-electron chi connectivity index (χ0n) is 13.8. The van der Waals surface area contributed by atoms with Gasteiger partial charge in [-0.05, 0) is 13.8 Å². The molecule has 0 radical (unpaired) electrons. The number of hydrogen-bond donors (Lipinski definition) is 3. The van der Waals surface area contributed by atoms with Gasteiger partial charge < -0.3 is 5.11 Å². The van der Waals surface area contributed by atoms with Gasteiger partial charge in [0.15, 0.2) is 0 Å². The maximum Gasteiger partial charge on any atom is 0.214 e. The van der Waals surface area contributed by atoms with Crippen molar-refractivity contribution in [2.45, 2.75) is 30.5 Å². The number of Topliss-reactive ketones (excluding diaryl/α,β-unsaturated/α-hetero) is 1. The number of aliphatic hydroxyl groups excluding tert-OH is 1. The Morgan fingerprint density at radius 1 is 1.04 bits per heavy atom. The molecule has 0 aromatic carbocycles. The van der Waals surface area contributed by atoms with Gasteiger partial charge in [-0.25, -0.2) is 27.1 Å². The molecule has 2 fully saturated rings. The van der Waals surface area contributed by atoms with E-state index in [2.05, 4.69) is 0 Å². The van der Waals surface area contributed by atoms with Crippen molar-refractivity contribution in [1.82, 2.24) is 9.80 Å². The first-order valence-electron chi connectivity index (χ1n) is 7.44. The molecule has 2 rings (SSSR count). The van der Waals surface area contributed by atoms with Gasteiger partial charge in [0.05, 0.1) is 12.6 Å². The van der Waals surface area contributed by atoms with E-state index in [1.54, 1.807) is 11.8 Å². The van der Waals surface area contributed by atoms with Crippen LogP contribution in [0.1, 0.15) is 13.8 Å². The van der Waals surface area contributed by atoms with Gasteiger partial charge in [-0.15, -0.1) is 0 Å². The van der Waals surface area contributed by atoms with E-state index in [1.807, 2.05) is 4.90 Å². The Balaban J connectivity index is 0.000000240. The molecule has 1 unspecified atom stereocenters. The van der Waals surface area contributed by atoms with E-state index in [-0.39, 0.29) is 5.78 Å². The molecule has 0 saturated carbocycles. The molecule has 24 heavy (non-hydrogen) atoms. The molecule has 2 heterocycles. The number of ketones is 1. The first kappa shape index (κ1) is 21.4. The summed E-state index contributed by atoms with van der Waals surface area (Å²) < 4.78 is 42.9. The highest BCUT2D eigenvalue weighted by molar-refractivity contribution is 7.90. The van der Waals surface area contributed by atoms with E-state index in [0.717, 1.165) is 0 Å². The Morgan fingerprint density at radius 3 is 1.71 bits per heavy atom. The molecule has 2 saturated heterocycles. The number of hydrogen-bond acceptors (Lipinski definition) is 8. The van der Waals surface area contributed by atoms with Crippen LogP contribution in [0.2, 0.25) is 0 Å². The summed E-state index contributed by atoms with van der Waals surface area (Å²) in [4.78, 5) is 14.2. The number of rotatable bonds is 6. The topological polar surface area (TPSA) is 164 Å². The quantitative estimate of drug-likeness (QED) is 0.431. The van der Waals surface area contributed by atoms with Crippen LogP contribution in [-0.4, -0.2) is 93.4 Å². The lowest BCUT2D eigenvalue weighted by atomic mass is 10.2. The van der Waals surface area contributed by atoms with Crippen LogP contribution in [0.5, 0.6) is 0 Å². The van der Waals surface area contributed by atoms with Gasteiger partial charge in [0.2, 0.25) is 20.0 Å². The molecule has 1 atom stereocenters. The summed E-state index contributed by atoms with van der Waals surface area (Å²) in [5.74, 6) is 0.0443. The van der Waals surface area contributed by atoms with Crippen molar-refractivity contribution in [1.29, 1.82) is 0 Å². The average molecular weight is 386 g/mol. The summed E-state index contributed by atoms with van der Waals surface area (Å²) in [5, 5.41) is 17.9. The zero-order chi connectivity index (χ0) is 18.7. The Labute approximate surface area is 142 Å². The molecule has 10 nitrogen and oxygen atoms in total. The lowest BCUT2D eigenvalue weighted by molar-refractivity contribution is -0.118.